The predicted molar refractivity (Wildman–Crippen MR) is 88.5 cm³/mol. The van der Waals surface area contributed by atoms with Crippen LogP contribution < -0.4 is 5.32 Å². The van der Waals surface area contributed by atoms with Gasteiger partial charge in [-0.25, -0.2) is 0 Å². The standard InChI is InChI=1S/C18H19N3O3/c22-16(19-9-13-20-10-3-4-11-20)8-5-12-21-17(23)14-6-1-2-7-15(14)18(21)24/h1-4,6-7,10-11H,5,8-9,12-13H2,(H,19,22). The van der Waals surface area contributed by atoms with Crippen molar-refractivity contribution in [1.29, 1.82) is 0 Å². The van der Waals surface area contributed by atoms with Gasteiger partial charge in [0.25, 0.3) is 11.8 Å². The fourth-order valence-electron chi connectivity index (χ4n) is 2.77. The van der Waals surface area contributed by atoms with Gasteiger partial charge in [0.15, 0.2) is 0 Å². The van der Waals surface area contributed by atoms with Gasteiger partial charge in [0.1, 0.15) is 0 Å². The molecule has 1 N–H and O–H groups in total. The molecule has 0 aliphatic carbocycles. The second-order valence-electron chi connectivity index (χ2n) is 5.68. The van der Waals surface area contributed by atoms with Gasteiger partial charge in [-0.15, -0.1) is 0 Å². The smallest absolute Gasteiger partial charge is 0.261 e. The summed E-state index contributed by atoms with van der Waals surface area (Å²) in [4.78, 5) is 37.4. The van der Waals surface area contributed by atoms with E-state index in [1.807, 2.05) is 29.1 Å². The second-order valence-corrected chi connectivity index (χ2v) is 5.68. The molecule has 0 atom stereocenters. The maximum Gasteiger partial charge on any atom is 0.261 e. The van der Waals surface area contributed by atoms with Crippen LogP contribution in [0, 0.1) is 0 Å². The summed E-state index contributed by atoms with van der Waals surface area (Å²) in [6, 6.07) is 10.7. The lowest BCUT2D eigenvalue weighted by molar-refractivity contribution is -0.121. The zero-order chi connectivity index (χ0) is 16.9. The first-order valence-corrected chi connectivity index (χ1v) is 7.99. The van der Waals surface area contributed by atoms with Crippen LogP contribution in [0.4, 0.5) is 0 Å². The molecule has 3 rings (SSSR count). The maximum atomic E-state index is 12.2. The van der Waals surface area contributed by atoms with E-state index in [4.69, 9.17) is 0 Å². The number of benzene rings is 1. The predicted octanol–water partition coefficient (Wildman–Crippen LogP) is 1.68. The van der Waals surface area contributed by atoms with Crippen LogP contribution in [0.25, 0.3) is 0 Å². The van der Waals surface area contributed by atoms with Crippen molar-refractivity contribution in [2.24, 2.45) is 0 Å². The molecule has 1 aliphatic heterocycles. The Morgan fingerprint density at radius 1 is 0.917 bits per heavy atom. The van der Waals surface area contributed by atoms with Crippen LogP contribution in [0.2, 0.25) is 0 Å². The van der Waals surface area contributed by atoms with Gasteiger partial charge >= 0.3 is 0 Å². The molecular weight excluding hydrogens is 306 g/mol. The van der Waals surface area contributed by atoms with Crippen LogP contribution in [-0.4, -0.2) is 40.3 Å². The summed E-state index contributed by atoms with van der Waals surface area (Å²) in [5, 5.41) is 2.84. The van der Waals surface area contributed by atoms with Gasteiger partial charge in [0.05, 0.1) is 11.1 Å². The van der Waals surface area contributed by atoms with Crippen molar-refractivity contribution >= 4 is 17.7 Å². The number of carbonyl (C=O) groups is 3. The number of amides is 3. The van der Waals surface area contributed by atoms with E-state index in [0.29, 0.717) is 30.5 Å². The molecule has 24 heavy (non-hydrogen) atoms. The van der Waals surface area contributed by atoms with Gasteiger partial charge in [-0.05, 0) is 30.7 Å². The summed E-state index contributed by atoms with van der Waals surface area (Å²) in [7, 11) is 0. The lowest BCUT2D eigenvalue weighted by Crippen LogP contribution is -2.32. The Morgan fingerprint density at radius 3 is 2.17 bits per heavy atom. The number of hydrogen-bond acceptors (Lipinski definition) is 3. The van der Waals surface area contributed by atoms with E-state index in [9.17, 15) is 14.4 Å². The monoisotopic (exact) mass is 325 g/mol. The number of fused-ring (bicyclic) bond motifs is 1. The SMILES string of the molecule is O=C(CCCN1C(=O)c2ccccc2C1=O)NCCn1cccc1. The molecule has 124 valence electrons. The van der Waals surface area contributed by atoms with Crippen molar-refractivity contribution in [2.45, 2.75) is 19.4 Å². The lowest BCUT2D eigenvalue weighted by Gasteiger charge is -2.13. The third kappa shape index (κ3) is 3.37. The number of nitrogens with one attached hydrogen (secondary N) is 1. The third-order valence-corrected chi connectivity index (χ3v) is 4.02. The number of imide groups is 1. The van der Waals surface area contributed by atoms with Crippen LogP contribution >= 0.6 is 0 Å². The van der Waals surface area contributed by atoms with Crippen LogP contribution in [0.3, 0.4) is 0 Å². The molecule has 0 unspecified atom stereocenters. The van der Waals surface area contributed by atoms with Crippen LogP contribution in [0.15, 0.2) is 48.8 Å². The number of carbonyl (C=O) groups excluding carboxylic acids is 3. The molecule has 3 amide bonds. The first-order valence-electron chi connectivity index (χ1n) is 7.99. The minimum absolute atomic E-state index is 0.0706. The van der Waals surface area contributed by atoms with Crippen molar-refractivity contribution in [2.75, 3.05) is 13.1 Å². The molecule has 6 nitrogen and oxygen atoms in total. The van der Waals surface area contributed by atoms with E-state index >= 15 is 0 Å². The molecule has 1 aromatic heterocycles. The summed E-state index contributed by atoms with van der Waals surface area (Å²) in [6.45, 7) is 1.54. The highest BCUT2D eigenvalue weighted by Crippen LogP contribution is 2.22. The molecule has 0 saturated heterocycles. The van der Waals surface area contributed by atoms with E-state index in [1.165, 1.54) is 4.90 Å². The van der Waals surface area contributed by atoms with Crippen molar-refractivity contribution in [3.8, 4) is 0 Å². The van der Waals surface area contributed by atoms with Gasteiger partial charge in [-0.3, -0.25) is 19.3 Å². The third-order valence-electron chi connectivity index (χ3n) is 4.02. The number of rotatable bonds is 7. The van der Waals surface area contributed by atoms with Crippen LogP contribution in [0.1, 0.15) is 33.6 Å². The Morgan fingerprint density at radius 2 is 1.54 bits per heavy atom. The summed E-state index contributed by atoms with van der Waals surface area (Å²) in [5.41, 5.74) is 0.886. The van der Waals surface area contributed by atoms with E-state index in [1.54, 1.807) is 24.3 Å². The highest BCUT2D eigenvalue weighted by Gasteiger charge is 2.34. The van der Waals surface area contributed by atoms with Crippen molar-refractivity contribution in [3.63, 3.8) is 0 Å². The molecule has 1 aliphatic rings. The molecule has 0 saturated carbocycles. The van der Waals surface area contributed by atoms with Gasteiger partial charge in [0, 0.05) is 38.4 Å². The minimum Gasteiger partial charge on any atom is -0.354 e. The molecular formula is C18H19N3O3. The van der Waals surface area contributed by atoms with Gasteiger partial charge in [0.2, 0.25) is 5.91 Å². The first kappa shape index (κ1) is 16.0. The van der Waals surface area contributed by atoms with Gasteiger partial charge < -0.3 is 9.88 Å². The molecule has 0 fully saturated rings. The summed E-state index contributed by atoms with van der Waals surface area (Å²) in [5.74, 6) is -0.619. The summed E-state index contributed by atoms with van der Waals surface area (Å²) in [6.07, 6.45) is 4.63. The zero-order valence-electron chi connectivity index (χ0n) is 13.3. The largest absolute Gasteiger partial charge is 0.354 e. The second kappa shape index (κ2) is 7.12. The van der Waals surface area contributed by atoms with E-state index < -0.39 is 0 Å². The molecule has 6 heteroatoms. The van der Waals surface area contributed by atoms with Gasteiger partial charge in [-0.2, -0.15) is 0 Å². The maximum absolute atomic E-state index is 12.2. The lowest BCUT2D eigenvalue weighted by atomic mass is 10.1. The van der Waals surface area contributed by atoms with Gasteiger partial charge in [-0.1, -0.05) is 12.1 Å². The molecule has 0 radical (unpaired) electrons. The first-order chi connectivity index (χ1) is 11.7. The van der Waals surface area contributed by atoms with E-state index in [-0.39, 0.29) is 24.3 Å². The fraction of sp³-hybridized carbons (Fsp3) is 0.278. The number of aromatic nitrogens is 1. The minimum atomic E-state index is -0.274. The summed E-state index contributed by atoms with van der Waals surface area (Å²) >= 11 is 0. The molecule has 0 bridgehead atoms. The fourth-order valence-corrected chi connectivity index (χ4v) is 2.77. The number of hydrogen-bond donors (Lipinski definition) is 1. The average molecular weight is 325 g/mol. The average Bonchev–Trinajstić information content (AvgIpc) is 3.18. The Labute approximate surface area is 140 Å². The van der Waals surface area contributed by atoms with Crippen molar-refractivity contribution in [1.82, 2.24) is 14.8 Å². The van der Waals surface area contributed by atoms with Crippen molar-refractivity contribution < 1.29 is 14.4 Å². The Kier molecular flexibility index (Phi) is 4.74. The quantitative estimate of drug-likeness (QED) is 0.787. The molecule has 2 aromatic rings. The molecule has 2 heterocycles. The topological polar surface area (TPSA) is 71.4 Å². The summed E-state index contributed by atoms with van der Waals surface area (Å²) < 4.78 is 1.99. The highest BCUT2D eigenvalue weighted by molar-refractivity contribution is 6.21. The van der Waals surface area contributed by atoms with E-state index in [0.717, 1.165) is 6.54 Å². The molecule has 0 spiro atoms. The number of nitrogens with zero attached hydrogens (tertiary/aromatic N) is 2. The Bertz CT molecular complexity index is 718. The van der Waals surface area contributed by atoms with Crippen molar-refractivity contribution in [3.05, 3.63) is 59.9 Å². The Hall–Kier alpha value is -2.89. The molecule has 1 aromatic carbocycles. The van der Waals surface area contributed by atoms with E-state index in [2.05, 4.69) is 5.32 Å². The van der Waals surface area contributed by atoms with Crippen LogP contribution in [0.5, 0.6) is 0 Å². The van der Waals surface area contributed by atoms with Crippen LogP contribution in [-0.2, 0) is 11.3 Å². The normalized spacial score (nSPS) is 13.2. The highest BCUT2D eigenvalue weighted by atomic mass is 16.2. The Balaban J connectivity index is 1.41. The zero-order valence-corrected chi connectivity index (χ0v) is 13.3.